The molecule has 0 saturated carbocycles. The number of amides is 1. The largest absolute Gasteiger partial charge is 0.406 e. The molecule has 4 nitrogen and oxygen atoms in total. The molecule has 1 rings (SSSR count). The van der Waals surface area contributed by atoms with Crippen molar-refractivity contribution in [3.63, 3.8) is 0 Å². The maximum atomic E-state index is 12.2. The number of aryl methyl sites for hydroxylation is 1. The molecule has 0 heterocycles. The summed E-state index contributed by atoms with van der Waals surface area (Å²) in [5.41, 5.74) is 0.228. The van der Waals surface area contributed by atoms with Crippen LogP contribution in [0.2, 0.25) is 0 Å². The van der Waals surface area contributed by atoms with Crippen LogP contribution in [0.4, 0.5) is 13.2 Å². The minimum atomic E-state index is -4.53. The third-order valence-corrected chi connectivity index (χ3v) is 3.68. The first kappa shape index (κ1) is 16.8. The fourth-order valence-electron chi connectivity index (χ4n) is 1.57. The van der Waals surface area contributed by atoms with Crippen molar-refractivity contribution in [2.24, 2.45) is 0 Å². The summed E-state index contributed by atoms with van der Waals surface area (Å²) in [7, 11) is 2.08. The fourth-order valence-corrected chi connectivity index (χ4v) is 2.43. The van der Waals surface area contributed by atoms with Crippen molar-refractivity contribution in [3.8, 4) is 0 Å². The highest BCUT2D eigenvalue weighted by atomic mass is 35.7. The van der Waals surface area contributed by atoms with Gasteiger partial charge in [0.2, 0.25) is 0 Å². The summed E-state index contributed by atoms with van der Waals surface area (Å²) in [5.74, 6) is -0.937. The van der Waals surface area contributed by atoms with Crippen LogP contribution in [0.25, 0.3) is 0 Å². The number of nitrogens with zero attached hydrogens (tertiary/aromatic N) is 1. The van der Waals surface area contributed by atoms with Crippen LogP contribution < -0.4 is 0 Å². The van der Waals surface area contributed by atoms with Crippen molar-refractivity contribution in [3.05, 3.63) is 29.3 Å². The predicted molar refractivity (Wildman–Crippen MR) is 67.2 cm³/mol. The first-order chi connectivity index (χ1) is 8.90. The molecule has 112 valence electrons. The van der Waals surface area contributed by atoms with Crippen LogP contribution in [0.15, 0.2) is 23.1 Å². The van der Waals surface area contributed by atoms with E-state index in [1.54, 1.807) is 0 Å². The molecule has 0 aromatic heterocycles. The molecular weight excluding hydrogens is 319 g/mol. The molecule has 0 saturated heterocycles. The van der Waals surface area contributed by atoms with E-state index < -0.39 is 27.7 Å². The zero-order chi connectivity index (χ0) is 15.7. The van der Waals surface area contributed by atoms with E-state index in [0.29, 0.717) is 10.5 Å². The van der Waals surface area contributed by atoms with E-state index >= 15 is 0 Å². The molecule has 0 aliphatic rings. The van der Waals surface area contributed by atoms with Gasteiger partial charge < -0.3 is 4.90 Å². The Labute approximate surface area is 118 Å². The van der Waals surface area contributed by atoms with Crippen LogP contribution in [-0.4, -0.2) is 39.0 Å². The smallest absolute Gasteiger partial charge is 0.333 e. The van der Waals surface area contributed by atoms with Gasteiger partial charge in [0.05, 0.1) is 4.90 Å². The van der Waals surface area contributed by atoms with E-state index in [0.717, 1.165) is 13.1 Å². The molecule has 0 unspecified atom stereocenters. The Morgan fingerprint density at radius 1 is 1.30 bits per heavy atom. The van der Waals surface area contributed by atoms with Crippen molar-refractivity contribution >= 4 is 25.6 Å². The monoisotopic (exact) mass is 329 g/mol. The van der Waals surface area contributed by atoms with Crippen LogP contribution >= 0.6 is 10.7 Å². The van der Waals surface area contributed by atoms with Crippen molar-refractivity contribution < 1.29 is 26.4 Å². The lowest BCUT2D eigenvalue weighted by Crippen LogP contribution is -2.35. The van der Waals surface area contributed by atoms with E-state index in [4.69, 9.17) is 10.7 Å². The van der Waals surface area contributed by atoms with E-state index in [9.17, 15) is 26.4 Å². The van der Waals surface area contributed by atoms with Crippen molar-refractivity contribution in [2.75, 3.05) is 13.6 Å². The number of carbonyl (C=O) groups is 1. The van der Waals surface area contributed by atoms with E-state index in [-0.39, 0.29) is 10.5 Å². The van der Waals surface area contributed by atoms with Crippen LogP contribution in [0, 0.1) is 6.92 Å². The Bertz CT molecular complexity index is 628. The summed E-state index contributed by atoms with van der Waals surface area (Å²) >= 11 is 0. The summed E-state index contributed by atoms with van der Waals surface area (Å²) in [6.45, 7) is 0.0782. The lowest BCUT2D eigenvalue weighted by atomic mass is 10.1. The Hall–Kier alpha value is -1.28. The van der Waals surface area contributed by atoms with Gasteiger partial charge in [-0.15, -0.1) is 0 Å². The average molecular weight is 330 g/mol. The van der Waals surface area contributed by atoms with Gasteiger partial charge in [0.25, 0.3) is 15.0 Å². The molecule has 0 fully saturated rings. The van der Waals surface area contributed by atoms with E-state index in [1.807, 2.05) is 0 Å². The molecule has 0 aliphatic carbocycles. The normalized spacial score (nSPS) is 12.3. The van der Waals surface area contributed by atoms with Gasteiger partial charge in [-0.2, -0.15) is 13.2 Å². The standard InChI is InChI=1S/C11H11ClF3NO3S/c1-7-3-8(5-9(4-7)20(12,18)19)10(17)16(2)6-11(13,14)15/h3-5H,6H2,1-2H3. The second-order valence-electron chi connectivity index (χ2n) is 4.25. The number of benzene rings is 1. The maximum absolute atomic E-state index is 12.2. The summed E-state index contributed by atoms with van der Waals surface area (Å²) in [6, 6.07) is 3.47. The molecule has 0 aliphatic heterocycles. The first-order valence-electron chi connectivity index (χ1n) is 5.29. The highest BCUT2D eigenvalue weighted by Crippen LogP contribution is 2.21. The molecule has 0 atom stereocenters. The van der Waals surface area contributed by atoms with Gasteiger partial charge in [-0.1, -0.05) is 0 Å². The SMILES string of the molecule is Cc1cc(C(=O)N(C)CC(F)(F)F)cc(S(=O)(=O)Cl)c1. The molecule has 1 aromatic rings. The van der Waals surface area contributed by atoms with E-state index in [2.05, 4.69) is 0 Å². The summed E-state index contributed by atoms with van der Waals surface area (Å²) in [5, 5.41) is 0. The number of hydrogen-bond donors (Lipinski definition) is 0. The molecule has 9 heteroatoms. The van der Waals surface area contributed by atoms with Crippen LogP contribution in [0.3, 0.4) is 0 Å². The molecule has 0 bridgehead atoms. The molecule has 1 amide bonds. The van der Waals surface area contributed by atoms with Crippen molar-refractivity contribution in [1.29, 1.82) is 0 Å². The number of halogens is 4. The lowest BCUT2D eigenvalue weighted by Gasteiger charge is -2.19. The van der Waals surface area contributed by atoms with Crippen LogP contribution in [0.5, 0.6) is 0 Å². The second kappa shape index (κ2) is 5.61. The number of hydrogen-bond acceptors (Lipinski definition) is 3. The zero-order valence-corrected chi connectivity index (χ0v) is 12.1. The fraction of sp³-hybridized carbons (Fsp3) is 0.364. The first-order valence-corrected chi connectivity index (χ1v) is 7.59. The molecule has 0 radical (unpaired) electrons. The number of rotatable bonds is 3. The van der Waals surface area contributed by atoms with Gasteiger partial charge in [0, 0.05) is 23.3 Å². The predicted octanol–water partition coefficient (Wildman–Crippen LogP) is 2.56. The highest BCUT2D eigenvalue weighted by Gasteiger charge is 2.31. The van der Waals surface area contributed by atoms with Gasteiger partial charge in [-0.05, 0) is 30.7 Å². The molecule has 0 spiro atoms. The average Bonchev–Trinajstić information content (AvgIpc) is 2.23. The van der Waals surface area contributed by atoms with Gasteiger partial charge in [0.15, 0.2) is 0 Å². The van der Waals surface area contributed by atoms with E-state index in [1.165, 1.54) is 19.1 Å². The molecule has 20 heavy (non-hydrogen) atoms. The second-order valence-corrected chi connectivity index (χ2v) is 6.81. The zero-order valence-electron chi connectivity index (χ0n) is 10.5. The quantitative estimate of drug-likeness (QED) is 0.801. The molecule has 0 N–H and O–H groups in total. The topological polar surface area (TPSA) is 54.5 Å². The highest BCUT2D eigenvalue weighted by molar-refractivity contribution is 8.13. The summed E-state index contributed by atoms with van der Waals surface area (Å²) < 4.78 is 59.1. The molecular formula is C11H11ClF3NO3S. The third kappa shape index (κ3) is 4.68. The minimum absolute atomic E-state index is 0.170. The van der Waals surface area contributed by atoms with Crippen molar-refractivity contribution in [2.45, 2.75) is 18.0 Å². The summed E-state index contributed by atoms with van der Waals surface area (Å²) in [4.78, 5) is 12.0. The Kier molecular flexibility index (Phi) is 4.70. The number of alkyl halides is 3. The Balaban J connectivity index is 3.14. The van der Waals surface area contributed by atoms with Gasteiger partial charge in [-0.25, -0.2) is 8.42 Å². The van der Waals surface area contributed by atoms with Gasteiger partial charge >= 0.3 is 6.18 Å². The lowest BCUT2D eigenvalue weighted by molar-refractivity contribution is -0.138. The van der Waals surface area contributed by atoms with Crippen LogP contribution in [0.1, 0.15) is 15.9 Å². The third-order valence-electron chi connectivity index (χ3n) is 2.34. The van der Waals surface area contributed by atoms with Gasteiger partial charge in [0.1, 0.15) is 6.54 Å². The van der Waals surface area contributed by atoms with Gasteiger partial charge in [-0.3, -0.25) is 4.79 Å². The van der Waals surface area contributed by atoms with Crippen molar-refractivity contribution in [1.82, 2.24) is 4.90 Å². The maximum Gasteiger partial charge on any atom is 0.406 e. The van der Waals surface area contributed by atoms with Crippen LogP contribution in [-0.2, 0) is 9.05 Å². The Morgan fingerprint density at radius 2 is 1.85 bits per heavy atom. The number of carbonyl (C=O) groups excluding carboxylic acids is 1. The summed E-state index contributed by atoms with van der Waals surface area (Å²) in [6.07, 6.45) is -4.53. The minimum Gasteiger partial charge on any atom is -0.333 e. The molecule has 1 aromatic carbocycles. The Morgan fingerprint density at radius 3 is 2.30 bits per heavy atom.